The molecular weight excluding hydrogens is 504 g/mol. The lowest BCUT2D eigenvalue weighted by molar-refractivity contribution is -0.202. The third-order valence-corrected chi connectivity index (χ3v) is 8.39. The topological polar surface area (TPSA) is 45.2 Å². The fraction of sp³-hybridized carbons (Fsp3) is 0.720. The molecule has 4 fully saturated rings. The monoisotopic (exact) mass is 535 g/mol. The molecule has 1 aromatic rings. The standard InChI is InChI=1S/C25H31F6N3O3/c1-16(24(26,27)28)37-22(35)34-14-23(15-34)5-7-32(8-6-23)11-19-20(25(29,30)31)3-2-4-21(19)33-9-17-12-36-13-18(17)10-33/h2-4,16-18H,5-15H2,1H3. The van der Waals surface area contributed by atoms with Crippen molar-refractivity contribution in [3.8, 4) is 0 Å². The van der Waals surface area contributed by atoms with Crippen LogP contribution in [-0.2, 0) is 22.2 Å². The second-order valence-corrected chi connectivity index (χ2v) is 11.0. The van der Waals surface area contributed by atoms with Crippen LogP contribution >= 0.6 is 0 Å². The molecule has 1 spiro atoms. The minimum atomic E-state index is -4.61. The van der Waals surface area contributed by atoms with E-state index >= 15 is 0 Å². The van der Waals surface area contributed by atoms with E-state index in [1.54, 1.807) is 6.07 Å². The van der Waals surface area contributed by atoms with Gasteiger partial charge in [-0.25, -0.2) is 4.79 Å². The molecule has 4 heterocycles. The number of alkyl halides is 6. The lowest BCUT2D eigenvalue weighted by Gasteiger charge is -2.53. The zero-order valence-electron chi connectivity index (χ0n) is 20.6. The van der Waals surface area contributed by atoms with E-state index in [0.29, 0.717) is 82.8 Å². The van der Waals surface area contributed by atoms with Crippen molar-refractivity contribution in [1.29, 1.82) is 0 Å². The molecule has 5 rings (SSSR count). The Morgan fingerprint density at radius 1 is 1.08 bits per heavy atom. The first-order valence-electron chi connectivity index (χ1n) is 12.6. The summed E-state index contributed by atoms with van der Waals surface area (Å²) in [5.41, 5.74) is 0.0676. The highest BCUT2D eigenvalue weighted by atomic mass is 19.4. The molecular formula is C25H31F6N3O3. The number of hydrogen-bond acceptors (Lipinski definition) is 5. The van der Waals surface area contributed by atoms with Crippen LogP contribution in [0.5, 0.6) is 0 Å². The van der Waals surface area contributed by atoms with E-state index in [2.05, 4.69) is 9.64 Å². The number of benzene rings is 1. The maximum Gasteiger partial charge on any atom is 0.425 e. The Morgan fingerprint density at radius 2 is 1.70 bits per heavy atom. The van der Waals surface area contributed by atoms with Gasteiger partial charge in [-0.05, 0) is 45.0 Å². The third kappa shape index (κ3) is 5.36. The second kappa shape index (κ2) is 9.52. The molecule has 0 N–H and O–H groups in total. The van der Waals surface area contributed by atoms with Crippen LogP contribution in [0.15, 0.2) is 18.2 Å². The third-order valence-electron chi connectivity index (χ3n) is 8.39. The molecule has 0 saturated carbocycles. The van der Waals surface area contributed by atoms with Gasteiger partial charge in [0.15, 0.2) is 6.10 Å². The van der Waals surface area contributed by atoms with Gasteiger partial charge in [-0.1, -0.05) is 6.07 Å². The van der Waals surface area contributed by atoms with Crippen molar-refractivity contribution < 1.29 is 40.6 Å². The van der Waals surface area contributed by atoms with E-state index < -0.39 is 30.1 Å². The number of fused-ring (bicyclic) bond motifs is 1. The van der Waals surface area contributed by atoms with Gasteiger partial charge in [0.1, 0.15) is 0 Å². The number of nitrogens with zero attached hydrogens (tertiary/aromatic N) is 3. The highest BCUT2D eigenvalue weighted by Gasteiger charge is 2.49. The normalized spacial score (nSPS) is 26.8. The number of rotatable bonds is 4. The van der Waals surface area contributed by atoms with E-state index in [1.807, 2.05) is 4.90 Å². The molecule has 4 saturated heterocycles. The highest BCUT2D eigenvalue weighted by Crippen LogP contribution is 2.44. The summed E-state index contributed by atoms with van der Waals surface area (Å²) in [5, 5.41) is 0. The Morgan fingerprint density at radius 3 is 2.27 bits per heavy atom. The number of halogens is 6. The van der Waals surface area contributed by atoms with Crippen LogP contribution in [-0.4, -0.2) is 80.7 Å². The van der Waals surface area contributed by atoms with Crippen LogP contribution in [0.2, 0.25) is 0 Å². The molecule has 4 aliphatic heterocycles. The zero-order chi connectivity index (χ0) is 26.6. The molecule has 37 heavy (non-hydrogen) atoms. The number of anilines is 1. The van der Waals surface area contributed by atoms with Crippen LogP contribution in [0.4, 0.5) is 36.8 Å². The van der Waals surface area contributed by atoms with E-state index in [-0.39, 0.29) is 17.5 Å². The maximum absolute atomic E-state index is 14.0. The molecule has 0 aromatic heterocycles. The Hall–Kier alpha value is -2.21. The lowest BCUT2D eigenvalue weighted by atomic mass is 9.72. The van der Waals surface area contributed by atoms with Gasteiger partial charge >= 0.3 is 18.4 Å². The number of likely N-dealkylation sites (tertiary alicyclic amines) is 2. The van der Waals surface area contributed by atoms with Crippen LogP contribution < -0.4 is 4.90 Å². The van der Waals surface area contributed by atoms with Crippen molar-refractivity contribution in [3.05, 3.63) is 29.3 Å². The van der Waals surface area contributed by atoms with Gasteiger partial charge in [-0.3, -0.25) is 4.90 Å². The number of ether oxygens (including phenoxy) is 2. The van der Waals surface area contributed by atoms with Crippen molar-refractivity contribution in [2.24, 2.45) is 17.3 Å². The smallest absolute Gasteiger partial charge is 0.425 e. The number of hydrogen-bond donors (Lipinski definition) is 0. The van der Waals surface area contributed by atoms with Crippen LogP contribution in [0, 0.1) is 17.3 Å². The number of amides is 1. The summed E-state index contributed by atoms with van der Waals surface area (Å²) in [6.07, 6.45) is -10.9. The number of carbonyl (C=O) groups excluding carboxylic acids is 1. The molecule has 1 amide bonds. The molecule has 3 atom stereocenters. The summed E-state index contributed by atoms with van der Waals surface area (Å²) in [7, 11) is 0. The van der Waals surface area contributed by atoms with Gasteiger partial charge in [-0.15, -0.1) is 0 Å². The van der Waals surface area contributed by atoms with Gasteiger partial charge in [0, 0.05) is 61.2 Å². The first kappa shape index (κ1) is 26.4. The number of piperidine rings is 1. The summed E-state index contributed by atoms with van der Waals surface area (Å²) in [6.45, 7) is 5.30. The highest BCUT2D eigenvalue weighted by molar-refractivity contribution is 5.69. The summed E-state index contributed by atoms with van der Waals surface area (Å²) in [6, 6.07) is 4.38. The summed E-state index contributed by atoms with van der Waals surface area (Å²) >= 11 is 0. The van der Waals surface area contributed by atoms with Crippen molar-refractivity contribution in [3.63, 3.8) is 0 Å². The van der Waals surface area contributed by atoms with Crippen molar-refractivity contribution in [2.75, 3.05) is 57.4 Å². The predicted octanol–water partition coefficient (Wildman–Crippen LogP) is 4.77. The zero-order valence-corrected chi connectivity index (χ0v) is 20.6. The lowest BCUT2D eigenvalue weighted by Crippen LogP contribution is -2.62. The molecule has 6 nitrogen and oxygen atoms in total. The van der Waals surface area contributed by atoms with Gasteiger partial charge in [0.2, 0.25) is 0 Å². The van der Waals surface area contributed by atoms with Gasteiger partial charge in [0.05, 0.1) is 18.8 Å². The van der Waals surface area contributed by atoms with Crippen LogP contribution in [0.1, 0.15) is 30.9 Å². The Labute approximate surface area is 211 Å². The van der Waals surface area contributed by atoms with Crippen molar-refractivity contribution in [1.82, 2.24) is 9.80 Å². The first-order valence-corrected chi connectivity index (χ1v) is 12.6. The van der Waals surface area contributed by atoms with E-state index in [1.165, 1.54) is 11.0 Å². The Bertz CT molecular complexity index is 988. The molecule has 12 heteroatoms. The molecule has 0 aliphatic carbocycles. The predicted molar refractivity (Wildman–Crippen MR) is 122 cm³/mol. The first-order chi connectivity index (χ1) is 17.3. The van der Waals surface area contributed by atoms with Crippen LogP contribution in [0.25, 0.3) is 0 Å². The van der Waals surface area contributed by atoms with Gasteiger partial charge < -0.3 is 19.3 Å². The van der Waals surface area contributed by atoms with Crippen molar-refractivity contribution in [2.45, 2.75) is 44.8 Å². The van der Waals surface area contributed by atoms with E-state index in [0.717, 1.165) is 13.0 Å². The SMILES string of the molecule is CC(OC(=O)N1CC2(CCN(Cc3c(N4CC5COCC5C4)cccc3C(F)(F)F)CC2)C1)C(F)(F)F. The van der Waals surface area contributed by atoms with Gasteiger partial charge in [-0.2, -0.15) is 26.3 Å². The van der Waals surface area contributed by atoms with E-state index in [4.69, 9.17) is 4.74 Å². The average molecular weight is 536 g/mol. The average Bonchev–Trinajstić information content (AvgIpc) is 3.39. The molecule has 206 valence electrons. The summed E-state index contributed by atoms with van der Waals surface area (Å²) < 4.78 is 90.0. The maximum atomic E-state index is 14.0. The molecule has 1 aromatic carbocycles. The Balaban J connectivity index is 1.22. The second-order valence-electron chi connectivity index (χ2n) is 11.0. The van der Waals surface area contributed by atoms with E-state index in [9.17, 15) is 31.1 Å². The number of carbonyl (C=O) groups is 1. The molecule has 0 bridgehead atoms. The minimum absolute atomic E-state index is 0.165. The molecule has 0 radical (unpaired) electrons. The quantitative estimate of drug-likeness (QED) is 0.520. The van der Waals surface area contributed by atoms with Crippen molar-refractivity contribution >= 4 is 11.8 Å². The Kier molecular flexibility index (Phi) is 6.79. The van der Waals surface area contributed by atoms with Crippen LogP contribution in [0.3, 0.4) is 0 Å². The van der Waals surface area contributed by atoms with Gasteiger partial charge in [0.25, 0.3) is 0 Å². The molecule has 3 unspecified atom stereocenters. The minimum Gasteiger partial charge on any atom is -0.437 e. The fourth-order valence-electron chi connectivity index (χ4n) is 6.10. The fourth-order valence-corrected chi connectivity index (χ4v) is 6.10. The molecule has 4 aliphatic rings. The summed E-state index contributed by atoms with van der Waals surface area (Å²) in [4.78, 5) is 17.4. The largest absolute Gasteiger partial charge is 0.437 e. The summed E-state index contributed by atoms with van der Waals surface area (Å²) in [5.74, 6) is 0.675.